The lowest BCUT2D eigenvalue weighted by atomic mass is 10.2. The van der Waals surface area contributed by atoms with Crippen molar-refractivity contribution in [2.45, 2.75) is 25.8 Å². The van der Waals surface area contributed by atoms with E-state index in [1.807, 2.05) is 0 Å². The van der Waals surface area contributed by atoms with Gasteiger partial charge in [0.05, 0.1) is 0 Å². The quantitative estimate of drug-likeness (QED) is 0.814. The van der Waals surface area contributed by atoms with Crippen LogP contribution in [-0.4, -0.2) is 31.1 Å². The van der Waals surface area contributed by atoms with Gasteiger partial charge in [-0.1, -0.05) is 12.1 Å². The highest BCUT2D eigenvalue weighted by atomic mass is 15.2. The number of anilines is 1. The Morgan fingerprint density at radius 1 is 1.47 bits per heavy atom. The zero-order valence-electron chi connectivity index (χ0n) is 9.66. The fourth-order valence-corrected chi connectivity index (χ4v) is 2.23. The normalized spacial score (nSPS) is 21.9. The van der Waals surface area contributed by atoms with E-state index in [-0.39, 0.29) is 0 Å². The van der Waals surface area contributed by atoms with Crippen molar-refractivity contribution in [2.24, 2.45) is 0 Å². The zero-order chi connectivity index (χ0) is 10.7. The summed E-state index contributed by atoms with van der Waals surface area (Å²) < 4.78 is 0. The molecule has 2 nitrogen and oxygen atoms in total. The van der Waals surface area contributed by atoms with Crippen LogP contribution in [0.1, 0.15) is 18.4 Å². The molecule has 0 aliphatic carbocycles. The average molecular weight is 204 g/mol. The third kappa shape index (κ3) is 2.72. The van der Waals surface area contributed by atoms with Gasteiger partial charge in [0.15, 0.2) is 0 Å². The Morgan fingerprint density at radius 2 is 2.33 bits per heavy atom. The van der Waals surface area contributed by atoms with E-state index in [2.05, 4.69) is 48.5 Å². The van der Waals surface area contributed by atoms with Crippen LogP contribution >= 0.6 is 0 Å². The molecule has 1 atom stereocenters. The van der Waals surface area contributed by atoms with Crippen molar-refractivity contribution in [3.63, 3.8) is 0 Å². The highest BCUT2D eigenvalue weighted by Crippen LogP contribution is 2.16. The van der Waals surface area contributed by atoms with Gasteiger partial charge in [0.25, 0.3) is 0 Å². The van der Waals surface area contributed by atoms with Crippen molar-refractivity contribution in [1.82, 2.24) is 4.90 Å². The first-order chi connectivity index (χ1) is 7.25. The van der Waals surface area contributed by atoms with E-state index < -0.39 is 0 Å². The van der Waals surface area contributed by atoms with Crippen molar-refractivity contribution >= 4 is 5.69 Å². The highest BCUT2D eigenvalue weighted by molar-refractivity contribution is 5.45. The molecule has 1 N–H and O–H groups in total. The second-order valence-electron chi connectivity index (χ2n) is 4.53. The molecule has 1 aromatic rings. The summed E-state index contributed by atoms with van der Waals surface area (Å²) in [6.45, 7) is 4.45. The van der Waals surface area contributed by atoms with Gasteiger partial charge < -0.3 is 10.2 Å². The van der Waals surface area contributed by atoms with E-state index in [1.165, 1.54) is 30.6 Å². The van der Waals surface area contributed by atoms with Crippen LogP contribution in [0.15, 0.2) is 24.3 Å². The van der Waals surface area contributed by atoms with Crippen molar-refractivity contribution in [3.8, 4) is 0 Å². The molecule has 0 bridgehead atoms. The number of nitrogens with one attached hydrogen (secondary N) is 1. The minimum Gasteiger partial charge on any atom is -0.383 e. The largest absolute Gasteiger partial charge is 0.383 e. The monoisotopic (exact) mass is 204 g/mol. The Labute approximate surface area is 92.3 Å². The molecule has 0 spiro atoms. The van der Waals surface area contributed by atoms with Crippen LogP contribution in [0.25, 0.3) is 0 Å². The number of aryl methyl sites for hydroxylation is 1. The SMILES string of the molecule is Cc1cccc(NCC2CCCN2C)c1. The van der Waals surface area contributed by atoms with Crippen LogP contribution < -0.4 is 5.32 Å². The summed E-state index contributed by atoms with van der Waals surface area (Å²) >= 11 is 0. The lowest BCUT2D eigenvalue weighted by molar-refractivity contribution is 0.322. The lowest BCUT2D eigenvalue weighted by Gasteiger charge is -2.20. The Morgan fingerprint density at radius 3 is 3.00 bits per heavy atom. The van der Waals surface area contributed by atoms with Gasteiger partial charge >= 0.3 is 0 Å². The van der Waals surface area contributed by atoms with E-state index in [0.717, 1.165) is 6.54 Å². The average Bonchev–Trinajstić information content (AvgIpc) is 2.61. The first-order valence-electron chi connectivity index (χ1n) is 5.76. The molecular formula is C13H20N2. The van der Waals surface area contributed by atoms with Crippen LogP contribution in [0.2, 0.25) is 0 Å². The molecule has 0 amide bonds. The van der Waals surface area contributed by atoms with E-state index in [9.17, 15) is 0 Å². The third-order valence-corrected chi connectivity index (χ3v) is 3.23. The van der Waals surface area contributed by atoms with Gasteiger partial charge in [-0.15, -0.1) is 0 Å². The Kier molecular flexibility index (Phi) is 3.27. The molecule has 15 heavy (non-hydrogen) atoms. The molecular weight excluding hydrogens is 184 g/mol. The molecule has 1 heterocycles. The maximum absolute atomic E-state index is 3.52. The first kappa shape index (κ1) is 10.5. The van der Waals surface area contributed by atoms with Gasteiger partial charge in [-0.05, 0) is 51.1 Å². The number of likely N-dealkylation sites (N-methyl/N-ethyl adjacent to an activating group) is 1. The van der Waals surface area contributed by atoms with Gasteiger partial charge in [0.1, 0.15) is 0 Å². The van der Waals surface area contributed by atoms with Crippen molar-refractivity contribution < 1.29 is 0 Å². The minimum atomic E-state index is 0.713. The fraction of sp³-hybridized carbons (Fsp3) is 0.538. The van der Waals surface area contributed by atoms with Crippen LogP contribution in [0, 0.1) is 6.92 Å². The smallest absolute Gasteiger partial charge is 0.0343 e. The molecule has 0 saturated carbocycles. The topological polar surface area (TPSA) is 15.3 Å². The summed E-state index contributed by atoms with van der Waals surface area (Å²) in [5.41, 5.74) is 2.56. The minimum absolute atomic E-state index is 0.713. The Balaban J connectivity index is 1.87. The number of hydrogen-bond acceptors (Lipinski definition) is 2. The van der Waals surface area contributed by atoms with E-state index in [1.54, 1.807) is 0 Å². The van der Waals surface area contributed by atoms with Gasteiger partial charge in [-0.2, -0.15) is 0 Å². The Hall–Kier alpha value is -1.02. The predicted molar refractivity (Wildman–Crippen MR) is 65.3 cm³/mol. The molecule has 1 saturated heterocycles. The molecule has 0 aromatic heterocycles. The molecule has 2 heteroatoms. The van der Waals surface area contributed by atoms with Crippen LogP contribution in [0.4, 0.5) is 5.69 Å². The molecule has 0 radical (unpaired) electrons. The maximum atomic E-state index is 3.52. The zero-order valence-corrected chi connectivity index (χ0v) is 9.66. The molecule has 1 unspecified atom stereocenters. The summed E-state index contributed by atoms with van der Waals surface area (Å²) in [5.74, 6) is 0. The molecule has 1 aliphatic heterocycles. The van der Waals surface area contributed by atoms with E-state index >= 15 is 0 Å². The Bertz CT molecular complexity index is 322. The standard InChI is InChI=1S/C13H20N2/c1-11-5-3-6-12(9-11)14-10-13-7-4-8-15(13)2/h3,5-6,9,13-14H,4,7-8,10H2,1-2H3. The molecule has 1 aliphatic rings. The number of likely N-dealkylation sites (tertiary alicyclic amines) is 1. The number of hydrogen-bond donors (Lipinski definition) is 1. The predicted octanol–water partition coefficient (Wildman–Crippen LogP) is 2.50. The highest BCUT2D eigenvalue weighted by Gasteiger charge is 2.19. The van der Waals surface area contributed by atoms with Crippen LogP contribution in [-0.2, 0) is 0 Å². The van der Waals surface area contributed by atoms with Crippen LogP contribution in [0.3, 0.4) is 0 Å². The van der Waals surface area contributed by atoms with Gasteiger partial charge in [-0.25, -0.2) is 0 Å². The summed E-state index contributed by atoms with van der Waals surface area (Å²) in [6.07, 6.45) is 2.67. The third-order valence-electron chi connectivity index (χ3n) is 3.23. The van der Waals surface area contributed by atoms with Crippen LogP contribution in [0.5, 0.6) is 0 Å². The van der Waals surface area contributed by atoms with Crippen molar-refractivity contribution in [3.05, 3.63) is 29.8 Å². The van der Waals surface area contributed by atoms with E-state index in [4.69, 9.17) is 0 Å². The number of benzene rings is 1. The maximum Gasteiger partial charge on any atom is 0.0343 e. The molecule has 1 fully saturated rings. The second-order valence-corrected chi connectivity index (χ2v) is 4.53. The lowest BCUT2D eigenvalue weighted by Crippen LogP contribution is -2.31. The van der Waals surface area contributed by atoms with Gasteiger partial charge in [0, 0.05) is 18.3 Å². The number of nitrogens with zero attached hydrogens (tertiary/aromatic N) is 1. The second kappa shape index (κ2) is 4.67. The van der Waals surface area contributed by atoms with Gasteiger partial charge in [-0.3, -0.25) is 0 Å². The van der Waals surface area contributed by atoms with Crippen molar-refractivity contribution in [2.75, 3.05) is 25.5 Å². The molecule has 82 valence electrons. The molecule has 1 aromatic carbocycles. The van der Waals surface area contributed by atoms with Gasteiger partial charge in [0.2, 0.25) is 0 Å². The summed E-state index contributed by atoms with van der Waals surface area (Å²) in [4.78, 5) is 2.45. The summed E-state index contributed by atoms with van der Waals surface area (Å²) in [5, 5.41) is 3.52. The molecule has 2 rings (SSSR count). The van der Waals surface area contributed by atoms with E-state index in [0.29, 0.717) is 6.04 Å². The fourth-order valence-electron chi connectivity index (χ4n) is 2.23. The van der Waals surface area contributed by atoms with Crippen molar-refractivity contribution in [1.29, 1.82) is 0 Å². The summed E-state index contributed by atoms with van der Waals surface area (Å²) in [7, 11) is 2.22. The first-order valence-corrected chi connectivity index (χ1v) is 5.76. The summed E-state index contributed by atoms with van der Waals surface area (Å²) in [6, 6.07) is 9.30. The number of rotatable bonds is 3.